The lowest BCUT2D eigenvalue weighted by Crippen LogP contribution is -2.31. The molecule has 2 aliphatic rings. The van der Waals surface area contributed by atoms with Crippen molar-refractivity contribution in [3.8, 4) is 0 Å². The van der Waals surface area contributed by atoms with Crippen LogP contribution in [0.15, 0.2) is 16.1 Å². The highest BCUT2D eigenvalue weighted by Gasteiger charge is 2.31. The number of nitrogens with zero attached hydrogens (tertiary/aromatic N) is 1. The summed E-state index contributed by atoms with van der Waals surface area (Å²) in [6, 6.07) is 0. The third kappa shape index (κ3) is 1.32. The van der Waals surface area contributed by atoms with Crippen LogP contribution in [0.5, 0.6) is 0 Å². The molecule has 0 aromatic carbocycles. The zero-order valence-corrected chi connectivity index (χ0v) is 7.90. The van der Waals surface area contributed by atoms with E-state index in [1.54, 1.807) is 0 Å². The highest BCUT2D eigenvalue weighted by molar-refractivity contribution is 6.05. The fourth-order valence-electron chi connectivity index (χ4n) is 1.87. The molecule has 1 amide bonds. The Kier molecular flexibility index (Phi) is 2.29. The van der Waals surface area contributed by atoms with Crippen molar-refractivity contribution < 1.29 is 14.3 Å². The van der Waals surface area contributed by atoms with Crippen LogP contribution in [0.2, 0.25) is 0 Å². The first-order valence-corrected chi connectivity index (χ1v) is 4.61. The van der Waals surface area contributed by atoms with E-state index in [0.717, 1.165) is 11.1 Å². The summed E-state index contributed by atoms with van der Waals surface area (Å²) >= 11 is 0. The fraction of sp³-hybridized carbons (Fsp3) is 0.500. The van der Waals surface area contributed by atoms with Gasteiger partial charge in [0.2, 0.25) is 0 Å². The molecule has 4 nitrogen and oxygen atoms in total. The van der Waals surface area contributed by atoms with Crippen LogP contribution in [0.3, 0.4) is 0 Å². The summed E-state index contributed by atoms with van der Waals surface area (Å²) in [6.45, 7) is 2.48. The van der Waals surface area contributed by atoms with Crippen molar-refractivity contribution in [2.24, 2.45) is 10.9 Å². The van der Waals surface area contributed by atoms with Crippen molar-refractivity contribution in [1.29, 1.82) is 0 Å². The minimum absolute atomic E-state index is 0.0574. The van der Waals surface area contributed by atoms with Gasteiger partial charge in [0.1, 0.15) is 12.2 Å². The van der Waals surface area contributed by atoms with Gasteiger partial charge in [0.15, 0.2) is 0 Å². The first kappa shape index (κ1) is 9.27. The molecule has 2 rings (SSSR count). The van der Waals surface area contributed by atoms with Crippen LogP contribution >= 0.6 is 0 Å². The van der Waals surface area contributed by atoms with Gasteiger partial charge in [-0.15, -0.1) is 0 Å². The Bertz CT molecular complexity index is 343. The van der Waals surface area contributed by atoms with Gasteiger partial charge in [0.25, 0.3) is 5.91 Å². The summed E-state index contributed by atoms with van der Waals surface area (Å²) in [4.78, 5) is 25.7. The molecule has 0 bridgehead atoms. The molecule has 0 radical (unpaired) electrons. The van der Waals surface area contributed by atoms with Crippen LogP contribution in [-0.4, -0.2) is 31.1 Å². The molecule has 0 fully saturated rings. The Hall–Kier alpha value is -1.29. The van der Waals surface area contributed by atoms with Gasteiger partial charge in [-0.1, -0.05) is 0 Å². The predicted molar refractivity (Wildman–Crippen MR) is 50.1 cm³/mol. The molecule has 2 aliphatic heterocycles. The van der Waals surface area contributed by atoms with Gasteiger partial charge >= 0.3 is 0 Å². The topological polar surface area (TPSA) is 55.7 Å². The molecule has 14 heavy (non-hydrogen) atoms. The Morgan fingerprint density at radius 3 is 3.14 bits per heavy atom. The van der Waals surface area contributed by atoms with Crippen LogP contribution < -0.4 is 0 Å². The number of aldehydes is 1. The number of amides is 1. The smallest absolute Gasteiger partial charge is 0.260 e. The van der Waals surface area contributed by atoms with Crippen molar-refractivity contribution in [3.63, 3.8) is 0 Å². The fourth-order valence-corrected chi connectivity index (χ4v) is 1.87. The lowest BCUT2D eigenvalue weighted by atomic mass is 9.87. The molecule has 2 atom stereocenters. The van der Waals surface area contributed by atoms with E-state index >= 15 is 0 Å². The van der Waals surface area contributed by atoms with Crippen molar-refractivity contribution in [2.75, 3.05) is 6.61 Å². The SMILES string of the molecule is C[C@H]1OCCC2=C1C=NC(=O)[C@@H]2C=O. The maximum atomic E-state index is 11.3. The normalized spacial score (nSPS) is 31.6. The minimum atomic E-state index is -0.665. The summed E-state index contributed by atoms with van der Waals surface area (Å²) in [6.07, 6.45) is 2.80. The van der Waals surface area contributed by atoms with E-state index in [-0.39, 0.29) is 12.0 Å². The molecule has 0 aromatic rings. The first-order chi connectivity index (χ1) is 6.74. The largest absolute Gasteiger partial charge is 0.373 e. The highest BCUT2D eigenvalue weighted by Crippen LogP contribution is 2.28. The average Bonchev–Trinajstić information content (AvgIpc) is 2.18. The van der Waals surface area contributed by atoms with E-state index < -0.39 is 5.92 Å². The van der Waals surface area contributed by atoms with Gasteiger partial charge in [0, 0.05) is 6.21 Å². The van der Waals surface area contributed by atoms with E-state index in [9.17, 15) is 9.59 Å². The monoisotopic (exact) mass is 193 g/mol. The summed E-state index contributed by atoms with van der Waals surface area (Å²) in [5.41, 5.74) is 1.78. The number of ether oxygens (including phenoxy) is 1. The molecule has 74 valence electrons. The Balaban J connectivity index is 2.42. The van der Waals surface area contributed by atoms with E-state index in [1.807, 2.05) is 6.92 Å². The second-order valence-electron chi connectivity index (χ2n) is 3.45. The second kappa shape index (κ2) is 3.46. The summed E-state index contributed by atoms with van der Waals surface area (Å²) in [5, 5.41) is 0. The van der Waals surface area contributed by atoms with E-state index in [1.165, 1.54) is 6.21 Å². The van der Waals surface area contributed by atoms with Crippen LogP contribution in [-0.2, 0) is 14.3 Å². The minimum Gasteiger partial charge on any atom is -0.373 e. The number of carbonyl (C=O) groups excluding carboxylic acids is 2. The van der Waals surface area contributed by atoms with Crippen molar-refractivity contribution in [1.82, 2.24) is 0 Å². The molecule has 0 aromatic heterocycles. The summed E-state index contributed by atoms with van der Waals surface area (Å²) < 4.78 is 5.40. The van der Waals surface area contributed by atoms with Crippen molar-refractivity contribution in [2.45, 2.75) is 19.4 Å². The number of rotatable bonds is 1. The molecule has 0 N–H and O–H groups in total. The van der Waals surface area contributed by atoms with E-state index in [2.05, 4.69) is 4.99 Å². The standard InChI is InChI=1S/C10H11NO3/c1-6-8-4-11-10(13)9(5-12)7(8)2-3-14-6/h4-6,9H,2-3H2,1H3/t6-,9-/m1/s1. The number of aliphatic imine (C=N–C) groups is 1. The zero-order chi connectivity index (χ0) is 10.1. The first-order valence-electron chi connectivity index (χ1n) is 4.61. The van der Waals surface area contributed by atoms with E-state index in [4.69, 9.17) is 4.74 Å². The second-order valence-corrected chi connectivity index (χ2v) is 3.45. The maximum absolute atomic E-state index is 11.3. The zero-order valence-electron chi connectivity index (χ0n) is 7.90. The predicted octanol–water partition coefficient (Wildman–Crippen LogP) is 0.518. The molecule has 4 heteroatoms. The Morgan fingerprint density at radius 2 is 2.43 bits per heavy atom. The quantitative estimate of drug-likeness (QED) is 0.450. The Morgan fingerprint density at radius 1 is 1.64 bits per heavy atom. The van der Waals surface area contributed by atoms with Crippen molar-refractivity contribution in [3.05, 3.63) is 11.1 Å². The molecule has 0 unspecified atom stereocenters. The van der Waals surface area contributed by atoms with Gasteiger partial charge in [-0.05, 0) is 24.5 Å². The van der Waals surface area contributed by atoms with Gasteiger partial charge in [-0.2, -0.15) is 0 Å². The van der Waals surface area contributed by atoms with Gasteiger partial charge < -0.3 is 9.53 Å². The third-order valence-electron chi connectivity index (χ3n) is 2.66. The van der Waals surface area contributed by atoms with Gasteiger partial charge in [-0.25, -0.2) is 4.99 Å². The summed E-state index contributed by atoms with van der Waals surface area (Å²) in [5.74, 6) is -1.02. The molecular formula is C10H11NO3. The highest BCUT2D eigenvalue weighted by atomic mass is 16.5. The molecule has 0 spiro atoms. The average molecular weight is 193 g/mol. The van der Waals surface area contributed by atoms with Gasteiger partial charge in [-0.3, -0.25) is 4.79 Å². The number of dihydropyridines is 1. The van der Waals surface area contributed by atoms with Crippen LogP contribution in [0.1, 0.15) is 13.3 Å². The molecule has 0 saturated carbocycles. The number of hydrogen-bond acceptors (Lipinski definition) is 3. The van der Waals surface area contributed by atoms with Crippen LogP contribution in [0, 0.1) is 5.92 Å². The Labute approximate surface area is 81.7 Å². The summed E-state index contributed by atoms with van der Waals surface area (Å²) in [7, 11) is 0. The molecular weight excluding hydrogens is 182 g/mol. The lowest BCUT2D eigenvalue weighted by Gasteiger charge is -2.28. The number of hydrogen-bond donors (Lipinski definition) is 0. The van der Waals surface area contributed by atoms with Crippen LogP contribution in [0.25, 0.3) is 0 Å². The van der Waals surface area contributed by atoms with Crippen LogP contribution in [0.4, 0.5) is 0 Å². The van der Waals surface area contributed by atoms with Crippen molar-refractivity contribution >= 4 is 18.4 Å². The maximum Gasteiger partial charge on any atom is 0.260 e. The number of carbonyl (C=O) groups is 2. The molecule has 0 saturated heterocycles. The third-order valence-corrected chi connectivity index (χ3v) is 2.66. The van der Waals surface area contributed by atoms with E-state index in [0.29, 0.717) is 19.3 Å². The van der Waals surface area contributed by atoms with Gasteiger partial charge in [0.05, 0.1) is 12.7 Å². The molecule has 2 heterocycles. The molecule has 0 aliphatic carbocycles. The lowest BCUT2D eigenvalue weighted by molar-refractivity contribution is -0.125.